The van der Waals surface area contributed by atoms with Gasteiger partial charge in [-0.25, -0.2) is 9.67 Å². The summed E-state index contributed by atoms with van der Waals surface area (Å²) in [5.74, 6) is 2.40. The third-order valence-electron chi connectivity index (χ3n) is 3.21. The van der Waals surface area contributed by atoms with Crippen LogP contribution in [-0.4, -0.2) is 29.0 Å². The van der Waals surface area contributed by atoms with Crippen molar-refractivity contribution >= 4 is 0 Å². The SMILES string of the molecule is COc1ccc(-c2ncnn2-c2ccc(OC)cc2)cc1. The predicted octanol–water partition coefficient (Wildman–Crippen LogP) is 2.95. The Morgan fingerprint density at radius 1 is 0.810 bits per heavy atom. The van der Waals surface area contributed by atoms with Crippen molar-refractivity contribution in [2.45, 2.75) is 0 Å². The predicted molar refractivity (Wildman–Crippen MR) is 79.9 cm³/mol. The minimum atomic E-state index is 0.780. The summed E-state index contributed by atoms with van der Waals surface area (Å²) in [4.78, 5) is 4.34. The molecule has 0 atom stereocenters. The molecule has 1 aromatic heterocycles. The normalized spacial score (nSPS) is 10.4. The van der Waals surface area contributed by atoms with E-state index in [0.29, 0.717) is 0 Å². The van der Waals surface area contributed by atoms with Crippen LogP contribution in [0.5, 0.6) is 11.5 Å². The van der Waals surface area contributed by atoms with Gasteiger partial charge in [-0.05, 0) is 48.5 Å². The number of aromatic nitrogens is 3. The second kappa shape index (κ2) is 5.66. The van der Waals surface area contributed by atoms with Crippen LogP contribution in [0.15, 0.2) is 54.9 Å². The molecule has 1 heterocycles. The summed E-state index contributed by atoms with van der Waals surface area (Å²) < 4.78 is 12.1. The zero-order valence-electron chi connectivity index (χ0n) is 11.9. The standard InChI is InChI=1S/C16H15N3O2/c1-20-14-7-3-12(4-8-14)16-17-11-18-19(16)13-5-9-15(21-2)10-6-13/h3-11H,1-2H3. The molecule has 0 aliphatic carbocycles. The Morgan fingerprint density at radius 3 is 1.95 bits per heavy atom. The number of nitrogens with zero attached hydrogens (tertiary/aromatic N) is 3. The lowest BCUT2D eigenvalue weighted by molar-refractivity contribution is 0.414. The van der Waals surface area contributed by atoms with E-state index in [0.717, 1.165) is 28.6 Å². The van der Waals surface area contributed by atoms with Gasteiger partial charge in [0.1, 0.15) is 17.8 Å². The van der Waals surface area contributed by atoms with Gasteiger partial charge in [-0.15, -0.1) is 0 Å². The smallest absolute Gasteiger partial charge is 0.163 e. The van der Waals surface area contributed by atoms with E-state index in [2.05, 4.69) is 10.1 Å². The molecule has 0 saturated heterocycles. The van der Waals surface area contributed by atoms with Crippen LogP contribution < -0.4 is 9.47 Å². The van der Waals surface area contributed by atoms with Crippen LogP contribution in [0.2, 0.25) is 0 Å². The number of benzene rings is 2. The van der Waals surface area contributed by atoms with Gasteiger partial charge in [0, 0.05) is 5.56 Å². The number of ether oxygens (including phenoxy) is 2. The quantitative estimate of drug-likeness (QED) is 0.737. The Balaban J connectivity index is 1.99. The number of rotatable bonds is 4. The molecule has 0 bridgehead atoms. The fourth-order valence-electron chi connectivity index (χ4n) is 2.09. The highest BCUT2D eigenvalue weighted by molar-refractivity contribution is 5.59. The molecule has 0 amide bonds. The van der Waals surface area contributed by atoms with Crippen molar-refractivity contribution in [2.75, 3.05) is 14.2 Å². The van der Waals surface area contributed by atoms with Gasteiger partial charge in [0.05, 0.1) is 19.9 Å². The lowest BCUT2D eigenvalue weighted by Crippen LogP contribution is -1.99. The number of hydrogen-bond acceptors (Lipinski definition) is 4. The van der Waals surface area contributed by atoms with Crippen molar-refractivity contribution in [3.8, 4) is 28.6 Å². The van der Waals surface area contributed by atoms with Crippen molar-refractivity contribution < 1.29 is 9.47 Å². The van der Waals surface area contributed by atoms with Gasteiger partial charge in [-0.1, -0.05) is 0 Å². The van der Waals surface area contributed by atoms with Gasteiger partial charge in [-0.2, -0.15) is 5.10 Å². The summed E-state index contributed by atoms with van der Waals surface area (Å²) in [6, 6.07) is 15.4. The Labute approximate surface area is 122 Å². The Kier molecular flexibility index (Phi) is 3.55. The van der Waals surface area contributed by atoms with Gasteiger partial charge in [0.2, 0.25) is 0 Å². The second-order valence-corrected chi connectivity index (χ2v) is 4.42. The monoisotopic (exact) mass is 281 g/mol. The summed E-state index contributed by atoms with van der Waals surface area (Å²) in [7, 11) is 3.29. The Bertz CT molecular complexity index is 656. The minimum absolute atomic E-state index is 0.780. The summed E-state index contributed by atoms with van der Waals surface area (Å²) in [6.07, 6.45) is 1.55. The van der Waals surface area contributed by atoms with Crippen molar-refractivity contribution in [3.05, 3.63) is 54.9 Å². The maximum Gasteiger partial charge on any atom is 0.163 e. The van der Waals surface area contributed by atoms with Crippen molar-refractivity contribution in [2.24, 2.45) is 0 Å². The summed E-state index contributed by atoms with van der Waals surface area (Å²) in [6.45, 7) is 0. The maximum absolute atomic E-state index is 5.17. The van der Waals surface area contributed by atoms with Crippen LogP contribution in [-0.2, 0) is 0 Å². The van der Waals surface area contributed by atoms with E-state index in [9.17, 15) is 0 Å². The first-order valence-electron chi connectivity index (χ1n) is 6.50. The third-order valence-corrected chi connectivity index (χ3v) is 3.21. The van der Waals surface area contributed by atoms with Gasteiger partial charge in [-0.3, -0.25) is 0 Å². The highest BCUT2D eigenvalue weighted by atomic mass is 16.5. The summed E-state index contributed by atoms with van der Waals surface area (Å²) in [5, 5.41) is 4.29. The molecular formula is C16H15N3O2. The van der Waals surface area contributed by atoms with Crippen LogP contribution in [0.3, 0.4) is 0 Å². The molecule has 0 radical (unpaired) electrons. The molecule has 0 unspecified atom stereocenters. The minimum Gasteiger partial charge on any atom is -0.497 e. The second-order valence-electron chi connectivity index (χ2n) is 4.42. The van der Waals surface area contributed by atoms with E-state index in [1.165, 1.54) is 0 Å². The summed E-state index contributed by atoms with van der Waals surface area (Å²) in [5.41, 5.74) is 1.91. The largest absolute Gasteiger partial charge is 0.497 e. The molecule has 0 saturated carbocycles. The molecule has 5 heteroatoms. The zero-order valence-corrected chi connectivity index (χ0v) is 11.9. The van der Waals surface area contributed by atoms with Crippen molar-refractivity contribution in [1.82, 2.24) is 14.8 Å². The molecule has 0 spiro atoms. The van der Waals surface area contributed by atoms with E-state index in [4.69, 9.17) is 9.47 Å². The molecular weight excluding hydrogens is 266 g/mol. The van der Waals surface area contributed by atoms with Gasteiger partial charge in [0.25, 0.3) is 0 Å². The van der Waals surface area contributed by atoms with E-state index in [-0.39, 0.29) is 0 Å². The highest BCUT2D eigenvalue weighted by Crippen LogP contribution is 2.23. The van der Waals surface area contributed by atoms with E-state index in [1.807, 2.05) is 48.5 Å². The first-order valence-corrected chi connectivity index (χ1v) is 6.50. The van der Waals surface area contributed by atoms with Crippen LogP contribution in [0.4, 0.5) is 0 Å². The molecule has 0 N–H and O–H groups in total. The van der Waals surface area contributed by atoms with Gasteiger partial charge >= 0.3 is 0 Å². The van der Waals surface area contributed by atoms with Gasteiger partial charge in [0.15, 0.2) is 5.82 Å². The van der Waals surface area contributed by atoms with Crippen LogP contribution >= 0.6 is 0 Å². The average molecular weight is 281 g/mol. The number of methoxy groups -OCH3 is 2. The summed E-state index contributed by atoms with van der Waals surface area (Å²) >= 11 is 0. The molecule has 0 fully saturated rings. The average Bonchev–Trinajstić information content (AvgIpc) is 3.04. The van der Waals surface area contributed by atoms with E-state index < -0.39 is 0 Å². The number of hydrogen-bond donors (Lipinski definition) is 0. The fraction of sp³-hybridized carbons (Fsp3) is 0.125. The van der Waals surface area contributed by atoms with Crippen LogP contribution in [0.1, 0.15) is 0 Å². The van der Waals surface area contributed by atoms with E-state index in [1.54, 1.807) is 25.2 Å². The molecule has 2 aromatic carbocycles. The molecule has 0 aliphatic rings. The first-order chi connectivity index (χ1) is 10.3. The zero-order chi connectivity index (χ0) is 14.7. The Morgan fingerprint density at radius 2 is 1.38 bits per heavy atom. The third kappa shape index (κ3) is 2.58. The molecule has 0 aliphatic heterocycles. The lowest BCUT2D eigenvalue weighted by Gasteiger charge is -2.07. The fourth-order valence-corrected chi connectivity index (χ4v) is 2.09. The first kappa shape index (κ1) is 13.2. The van der Waals surface area contributed by atoms with Gasteiger partial charge < -0.3 is 9.47 Å². The molecule has 21 heavy (non-hydrogen) atoms. The Hall–Kier alpha value is -2.82. The molecule has 3 aromatic rings. The van der Waals surface area contributed by atoms with E-state index >= 15 is 0 Å². The highest BCUT2D eigenvalue weighted by Gasteiger charge is 2.09. The van der Waals surface area contributed by atoms with Crippen LogP contribution in [0.25, 0.3) is 17.1 Å². The topological polar surface area (TPSA) is 49.2 Å². The van der Waals surface area contributed by atoms with Crippen LogP contribution in [0, 0.1) is 0 Å². The lowest BCUT2D eigenvalue weighted by atomic mass is 10.2. The molecule has 106 valence electrons. The van der Waals surface area contributed by atoms with Crippen molar-refractivity contribution in [3.63, 3.8) is 0 Å². The molecule has 5 nitrogen and oxygen atoms in total. The maximum atomic E-state index is 5.17. The molecule has 3 rings (SSSR count). The van der Waals surface area contributed by atoms with Crippen molar-refractivity contribution in [1.29, 1.82) is 0 Å².